The number of nitrogens with one attached hydrogen (secondary N) is 1. The second kappa shape index (κ2) is 6.13. The van der Waals surface area contributed by atoms with Crippen LogP contribution >= 0.6 is 11.6 Å². The van der Waals surface area contributed by atoms with Crippen LogP contribution in [0.25, 0.3) is 0 Å². The molecule has 0 bridgehead atoms. The molecule has 1 atom stereocenters. The van der Waals surface area contributed by atoms with Gasteiger partial charge in [-0.2, -0.15) is 13.2 Å². The Morgan fingerprint density at radius 2 is 2.14 bits per heavy atom. The number of carbonyl (C=O) groups excluding carboxylic acids is 1. The van der Waals surface area contributed by atoms with Gasteiger partial charge in [-0.15, -0.1) is 0 Å². The van der Waals surface area contributed by atoms with Crippen LogP contribution in [0.5, 0.6) is 0 Å². The molecule has 1 aromatic rings. The van der Waals surface area contributed by atoms with Crippen molar-refractivity contribution in [3.63, 3.8) is 0 Å². The van der Waals surface area contributed by atoms with Crippen molar-refractivity contribution < 1.29 is 18.0 Å². The first-order valence-electron chi connectivity index (χ1n) is 6.70. The maximum atomic E-state index is 12.8. The third kappa shape index (κ3) is 4.03. The fourth-order valence-electron chi connectivity index (χ4n) is 2.40. The Hall–Kier alpha value is -1.43. The highest BCUT2D eigenvalue weighted by Crippen LogP contribution is 2.36. The van der Waals surface area contributed by atoms with Crippen molar-refractivity contribution in [3.05, 3.63) is 28.8 Å². The van der Waals surface area contributed by atoms with Crippen LogP contribution in [0, 0.1) is 5.92 Å². The minimum Gasteiger partial charge on any atom is -0.324 e. The summed E-state index contributed by atoms with van der Waals surface area (Å²) in [5.41, 5.74) is -0.857. The summed E-state index contributed by atoms with van der Waals surface area (Å²) in [5, 5.41) is 2.12. The predicted molar refractivity (Wildman–Crippen MR) is 75.4 cm³/mol. The van der Waals surface area contributed by atoms with Gasteiger partial charge in [0, 0.05) is 18.8 Å². The van der Waals surface area contributed by atoms with Crippen molar-refractivity contribution in [2.24, 2.45) is 5.92 Å². The molecule has 116 valence electrons. The average Bonchev–Trinajstić information content (AvgIpc) is 2.39. The molecule has 1 heterocycles. The molecular weight excluding hydrogens is 305 g/mol. The summed E-state index contributed by atoms with van der Waals surface area (Å²) in [5.74, 6) is 0.403. The van der Waals surface area contributed by atoms with Gasteiger partial charge in [0.15, 0.2) is 0 Å². The summed E-state index contributed by atoms with van der Waals surface area (Å²) >= 11 is 5.54. The van der Waals surface area contributed by atoms with Gasteiger partial charge in [0.05, 0.1) is 10.6 Å². The highest BCUT2D eigenvalue weighted by atomic mass is 35.5. The van der Waals surface area contributed by atoms with E-state index in [1.54, 1.807) is 4.90 Å². The van der Waals surface area contributed by atoms with E-state index in [1.165, 1.54) is 6.07 Å². The van der Waals surface area contributed by atoms with E-state index >= 15 is 0 Å². The zero-order valence-corrected chi connectivity index (χ0v) is 12.3. The third-order valence-electron chi connectivity index (χ3n) is 3.47. The lowest BCUT2D eigenvalue weighted by molar-refractivity contribution is -0.137. The number of alkyl halides is 3. The van der Waals surface area contributed by atoms with E-state index in [0.29, 0.717) is 19.0 Å². The molecule has 1 unspecified atom stereocenters. The van der Waals surface area contributed by atoms with Crippen molar-refractivity contribution in [3.8, 4) is 0 Å². The second-order valence-electron chi connectivity index (χ2n) is 5.32. The number of nitrogens with zero attached hydrogens (tertiary/aromatic N) is 1. The molecule has 1 saturated heterocycles. The van der Waals surface area contributed by atoms with Crippen molar-refractivity contribution in [2.75, 3.05) is 18.4 Å². The first kappa shape index (κ1) is 15.9. The van der Waals surface area contributed by atoms with E-state index in [9.17, 15) is 18.0 Å². The number of carbonyl (C=O) groups is 1. The molecule has 2 amide bonds. The van der Waals surface area contributed by atoms with Gasteiger partial charge in [0.25, 0.3) is 0 Å². The van der Waals surface area contributed by atoms with Crippen LogP contribution in [0.4, 0.5) is 23.7 Å². The Bertz CT molecular complexity index is 533. The monoisotopic (exact) mass is 320 g/mol. The molecule has 0 saturated carbocycles. The third-order valence-corrected chi connectivity index (χ3v) is 3.80. The normalized spacial score (nSPS) is 19.5. The zero-order valence-electron chi connectivity index (χ0n) is 11.5. The van der Waals surface area contributed by atoms with Crippen molar-refractivity contribution in [2.45, 2.75) is 25.9 Å². The Kier molecular flexibility index (Phi) is 4.66. The summed E-state index contributed by atoms with van der Waals surface area (Å²) in [6.45, 7) is 3.28. The van der Waals surface area contributed by atoms with Gasteiger partial charge in [0.1, 0.15) is 0 Å². The maximum absolute atomic E-state index is 12.8. The predicted octanol–water partition coefficient (Wildman–Crippen LogP) is 4.62. The molecular formula is C14H16ClF3N2O. The lowest BCUT2D eigenvalue weighted by Gasteiger charge is -2.31. The number of hydrogen-bond donors (Lipinski definition) is 1. The van der Waals surface area contributed by atoms with Gasteiger partial charge in [-0.25, -0.2) is 4.79 Å². The average molecular weight is 321 g/mol. The molecule has 1 aromatic carbocycles. The number of halogens is 4. The molecule has 3 nitrogen and oxygen atoms in total. The first-order chi connectivity index (χ1) is 9.77. The molecule has 1 aliphatic rings. The van der Waals surface area contributed by atoms with Crippen LogP contribution in [0.15, 0.2) is 18.2 Å². The summed E-state index contributed by atoms with van der Waals surface area (Å²) in [4.78, 5) is 13.7. The first-order valence-corrected chi connectivity index (χ1v) is 7.08. The number of urea groups is 1. The van der Waals surface area contributed by atoms with Crippen molar-refractivity contribution in [1.29, 1.82) is 0 Å². The second-order valence-corrected chi connectivity index (χ2v) is 5.72. The highest BCUT2D eigenvalue weighted by Gasteiger charge is 2.33. The van der Waals surface area contributed by atoms with Crippen molar-refractivity contribution in [1.82, 2.24) is 4.90 Å². The SMILES string of the molecule is CC1CCCN(C(=O)Nc2ccc(Cl)c(C(F)(F)F)c2)C1. The number of hydrogen-bond acceptors (Lipinski definition) is 1. The van der Waals surface area contributed by atoms with E-state index in [2.05, 4.69) is 5.32 Å². The molecule has 0 aromatic heterocycles. The van der Waals surface area contributed by atoms with E-state index in [0.717, 1.165) is 25.0 Å². The largest absolute Gasteiger partial charge is 0.417 e. The topological polar surface area (TPSA) is 32.3 Å². The smallest absolute Gasteiger partial charge is 0.324 e. The molecule has 0 radical (unpaired) electrons. The fraction of sp³-hybridized carbons (Fsp3) is 0.500. The number of benzene rings is 1. The van der Waals surface area contributed by atoms with Crippen LogP contribution in [-0.4, -0.2) is 24.0 Å². The van der Waals surface area contributed by atoms with E-state index in [4.69, 9.17) is 11.6 Å². The Labute approximate surface area is 126 Å². The quantitative estimate of drug-likeness (QED) is 0.804. The lowest BCUT2D eigenvalue weighted by Crippen LogP contribution is -2.41. The Morgan fingerprint density at radius 1 is 1.43 bits per heavy atom. The van der Waals surface area contributed by atoms with Gasteiger partial charge in [0.2, 0.25) is 0 Å². The van der Waals surface area contributed by atoms with Gasteiger partial charge in [-0.1, -0.05) is 18.5 Å². The van der Waals surface area contributed by atoms with Crippen LogP contribution in [0.2, 0.25) is 5.02 Å². The van der Waals surface area contributed by atoms with Crippen LogP contribution < -0.4 is 5.32 Å². The molecule has 7 heteroatoms. The Balaban J connectivity index is 2.11. The molecule has 1 fully saturated rings. The number of amides is 2. The van der Waals surface area contributed by atoms with E-state index in [-0.39, 0.29) is 16.7 Å². The molecule has 1 N–H and O–H groups in total. The van der Waals surface area contributed by atoms with Gasteiger partial charge >= 0.3 is 12.2 Å². The highest BCUT2D eigenvalue weighted by molar-refractivity contribution is 6.31. The molecule has 0 aliphatic carbocycles. The molecule has 2 rings (SSSR count). The summed E-state index contributed by atoms with van der Waals surface area (Å²) in [6, 6.07) is 2.98. The van der Waals surface area contributed by atoms with Crippen LogP contribution in [-0.2, 0) is 6.18 Å². The molecule has 21 heavy (non-hydrogen) atoms. The van der Waals surface area contributed by atoms with Crippen molar-refractivity contribution >= 4 is 23.3 Å². The summed E-state index contributed by atoms with van der Waals surface area (Å²) in [7, 11) is 0. The number of likely N-dealkylation sites (tertiary alicyclic amines) is 1. The van der Waals surface area contributed by atoms with Gasteiger partial charge < -0.3 is 10.2 Å². The minimum absolute atomic E-state index is 0.0925. The number of rotatable bonds is 1. The van der Waals surface area contributed by atoms with Crippen LogP contribution in [0.3, 0.4) is 0 Å². The number of anilines is 1. The van der Waals surface area contributed by atoms with Crippen LogP contribution in [0.1, 0.15) is 25.3 Å². The standard InChI is InChI=1S/C14H16ClF3N2O/c1-9-3-2-6-20(8-9)13(21)19-10-4-5-12(15)11(7-10)14(16,17)18/h4-5,7,9H,2-3,6,8H2,1H3,(H,19,21). The van der Waals surface area contributed by atoms with E-state index in [1.807, 2.05) is 6.92 Å². The van der Waals surface area contributed by atoms with E-state index < -0.39 is 11.7 Å². The van der Waals surface area contributed by atoms with Gasteiger partial charge in [-0.05, 0) is 37.0 Å². The molecule has 0 spiro atoms. The molecule has 1 aliphatic heterocycles. The zero-order chi connectivity index (χ0) is 15.6. The number of piperidine rings is 1. The fourth-order valence-corrected chi connectivity index (χ4v) is 2.62. The maximum Gasteiger partial charge on any atom is 0.417 e. The summed E-state index contributed by atoms with van der Waals surface area (Å²) in [6.07, 6.45) is -2.58. The lowest BCUT2D eigenvalue weighted by atomic mass is 10.0. The minimum atomic E-state index is -4.54. The van der Waals surface area contributed by atoms with Gasteiger partial charge in [-0.3, -0.25) is 0 Å². The summed E-state index contributed by atoms with van der Waals surface area (Å²) < 4.78 is 38.3. The Morgan fingerprint density at radius 3 is 2.76 bits per heavy atom.